The molecule has 1 saturated heterocycles. The van der Waals surface area contributed by atoms with Crippen LogP contribution in [0.2, 0.25) is 0 Å². The summed E-state index contributed by atoms with van der Waals surface area (Å²) in [6.45, 7) is 1.23. The molecule has 2 aromatic carbocycles. The van der Waals surface area contributed by atoms with Crippen molar-refractivity contribution in [3.8, 4) is 10.7 Å². The quantitative estimate of drug-likeness (QED) is 0.292. The first-order valence-corrected chi connectivity index (χ1v) is 14.7. The van der Waals surface area contributed by atoms with Crippen LogP contribution in [0.3, 0.4) is 0 Å². The second kappa shape index (κ2) is 11.0. The van der Waals surface area contributed by atoms with Gasteiger partial charge in [0.1, 0.15) is 11.6 Å². The number of fused-ring (bicyclic) bond motifs is 1. The fourth-order valence-electron chi connectivity index (χ4n) is 4.68. The third kappa shape index (κ3) is 6.19. The molecule has 0 radical (unpaired) electrons. The second-order valence-corrected chi connectivity index (χ2v) is 12.0. The molecule has 0 bridgehead atoms. The molecular weight excluding hydrogens is 533 g/mol. The van der Waals surface area contributed by atoms with Crippen molar-refractivity contribution in [1.82, 2.24) is 19.7 Å². The highest BCUT2D eigenvalue weighted by atomic mass is 32.2. The molecule has 0 amide bonds. The molecule has 1 atom stereocenters. The average Bonchev–Trinajstić information content (AvgIpc) is 3.49. The van der Waals surface area contributed by atoms with Crippen LogP contribution in [0, 0.1) is 0 Å². The standard InChI is InChI=1S/C26H29F3N6OS2/c1-34-12-10-18(11-13-34)31-21-4-3-5-22-20(21)14-23(35(22)16-26(27,28)29)25-33-32-24(37-25)15-30-17-6-8-19(9-7-17)38(2)36/h3-9,14,18,30-31H,10-13,15-16H2,1-2H3. The molecule has 7 nitrogen and oxygen atoms in total. The molecule has 1 unspecified atom stereocenters. The summed E-state index contributed by atoms with van der Waals surface area (Å²) in [6.07, 6.45) is -0.803. The van der Waals surface area contributed by atoms with E-state index in [4.69, 9.17) is 0 Å². The van der Waals surface area contributed by atoms with E-state index in [1.54, 1.807) is 36.6 Å². The van der Waals surface area contributed by atoms with Crippen molar-refractivity contribution in [3.63, 3.8) is 0 Å². The summed E-state index contributed by atoms with van der Waals surface area (Å²) >= 11 is 1.26. The van der Waals surface area contributed by atoms with Crippen LogP contribution in [-0.4, -0.2) is 62.5 Å². The molecule has 2 N–H and O–H groups in total. The Labute approximate surface area is 225 Å². The van der Waals surface area contributed by atoms with Gasteiger partial charge in [0.25, 0.3) is 0 Å². The van der Waals surface area contributed by atoms with Crippen molar-refractivity contribution in [1.29, 1.82) is 0 Å². The van der Waals surface area contributed by atoms with Crippen LogP contribution in [0.1, 0.15) is 17.8 Å². The van der Waals surface area contributed by atoms with Gasteiger partial charge in [-0.25, -0.2) is 0 Å². The van der Waals surface area contributed by atoms with Crippen molar-refractivity contribution in [2.75, 3.05) is 37.0 Å². The molecule has 0 aliphatic carbocycles. The summed E-state index contributed by atoms with van der Waals surface area (Å²) in [7, 11) is 1.04. The van der Waals surface area contributed by atoms with Crippen LogP contribution < -0.4 is 10.6 Å². The Hall–Kier alpha value is -2.96. The van der Waals surface area contributed by atoms with Gasteiger partial charge in [-0.05, 0) is 75.4 Å². The Kier molecular flexibility index (Phi) is 7.73. The number of piperidine rings is 1. The van der Waals surface area contributed by atoms with Gasteiger partial charge in [0.2, 0.25) is 0 Å². The lowest BCUT2D eigenvalue weighted by molar-refractivity contribution is -0.139. The monoisotopic (exact) mass is 562 g/mol. The van der Waals surface area contributed by atoms with E-state index in [9.17, 15) is 17.4 Å². The summed E-state index contributed by atoms with van der Waals surface area (Å²) in [6, 6.07) is 14.8. The molecule has 0 spiro atoms. The molecule has 5 rings (SSSR count). The van der Waals surface area contributed by atoms with Crippen molar-refractivity contribution in [2.45, 2.75) is 43.0 Å². The van der Waals surface area contributed by atoms with E-state index >= 15 is 0 Å². The minimum Gasteiger partial charge on any atom is -0.382 e. The summed E-state index contributed by atoms with van der Waals surface area (Å²) in [5.74, 6) is 0. The SMILES string of the molecule is CN1CCC(Nc2cccc3c2cc(-c2nnc(CNc4ccc(S(C)=O)cc4)s2)n3CC(F)(F)F)CC1. The zero-order valence-electron chi connectivity index (χ0n) is 21.1. The molecule has 1 fully saturated rings. The molecule has 4 aromatic rings. The Morgan fingerprint density at radius 1 is 1.11 bits per heavy atom. The first-order valence-electron chi connectivity index (χ1n) is 12.3. The van der Waals surface area contributed by atoms with Crippen molar-refractivity contribution in [2.24, 2.45) is 0 Å². The predicted octanol–water partition coefficient (Wildman–Crippen LogP) is 5.58. The highest BCUT2D eigenvalue weighted by Gasteiger charge is 2.31. The van der Waals surface area contributed by atoms with Crippen LogP contribution >= 0.6 is 11.3 Å². The zero-order chi connectivity index (χ0) is 26.9. The number of hydrogen-bond acceptors (Lipinski definition) is 7. The molecule has 12 heteroatoms. The molecular formula is C26H29F3N6OS2. The third-order valence-electron chi connectivity index (χ3n) is 6.68. The smallest absolute Gasteiger partial charge is 0.382 e. The number of nitrogens with zero attached hydrogens (tertiary/aromatic N) is 4. The molecule has 1 aliphatic heterocycles. The summed E-state index contributed by atoms with van der Waals surface area (Å²) in [4.78, 5) is 3.01. The van der Waals surface area contributed by atoms with Gasteiger partial charge in [0.15, 0.2) is 5.01 Å². The highest BCUT2D eigenvalue weighted by molar-refractivity contribution is 7.84. The van der Waals surface area contributed by atoms with Gasteiger partial charge >= 0.3 is 6.18 Å². The van der Waals surface area contributed by atoms with E-state index in [0.29, 0.717) is 27.8 Å². The minimum absolute atomic E-state index is 0.275. The lowest BCUT2D eigenvalue weighted by atomic mass is 10.0. The number of alkyl halides is 3. The van der Waals surface area contributed by atoms with Gasteiger partial charge in [-0.3, -0.25) is 4.21 Å². The van der Waals surface area contributed by atoms with Gasteiger partial charge in [-0.15, -0.1) is 10.2 Å². The van der Waals surface area contributed by atoms with E-state index < -0.39 is 23.5 Å². The Bertz CT molecular complexity index is 1430. The average molecular weight is 563 g/mol. The van der Waals surface area contributed by atoms with Crippen LogP contribution in [0.5, 0.6) is 0 Å². The van der Waals surface area contributed by atoms with E-state index in [-0.39, 0.29) is 6.04 Å². The van der Waals surface area contributed by atoms with E-state index in [1.165, 1.54) is 15.9 Å². The predicted molar refractivity (Wildman–Crippen MR) is 147 cm³/mol. The lowest BCUT2D eigenvalue weighted by Gasteiger charge is -2.30. The number of rotatable bonds is 8. The molecule has 202 valence electrons. The third-order valence-corrected chi connectivity index (χ3v) is 8.56. The largest absolute Gasteiger partial charge is 0.406 e. The van der Waals surface area contributed by atoms with Gasteiger partial charge in [0.05, 0.1) is 17.8 Å². The molecule has 2 aromatic heterocycles. The van der Waals surface area contributed by atoms with Gasteiger partial charge < -0.3 is 20.1 Å². The van der Waals surface area contributed by atoms with Crippen molar-refractivity contribution in [3.05, 3.63) is 53.5 Å². The van der Waals surface area contributed by atoms with Gasteiger partial charge in [-0.1, -0.05) is 17.4 Å². The zero-order valence-corrected chi connectivity index (χ0v) is 22.7. The topological polar surface area (TPSA) is 75.1 Å². The Balaban J connectivity index is 1.41. The lowest BCUT2D eigenvalue weighted by Crippen LogP contribution is -2.36. The van der Waals surface area contributed by atoms with E-state index in [0.717, 1.165) is 47.6 Å². The second-order valence-electron chi connectivity index (χ2n) is 9.52. The van der Waals surface area contributed by atoms with Crippen LogP contribution in [0.15, 0.2) is 53.4 Å². The molecule has 38 heavy (non-hydrogen) atoms. The number of hydrogen-bond donors (Lipinski definition) is 2. The number of likely N-dealkylation sites (tertiary alicyclic amines) is 1. The van der Waals surface area contributed by atoms with E-state index in [1.807, 2.05) is 18.2 Å². The summed E-state index contributed by atoms with van der Waals surface area (Å²) in [5.41, 5.74) is 2.57. The Morgan fingerprint density at radius 2 is 1.84 bits per heavy atom. The van der Waals surface area contributed by atoms with Gasteiger partial charge in [0, 0.05) is 44.8 Å². The van der Waals surface area contributed by atoms with Gasteiger partial charge in [-0.2, -0.15) is 13.2 Å². The molecule has 1 aliphatic rings. The van der Waals surface area contributed by atoms with Crippen molar-refractivity contribution < 1.29 is 17.4 Å². The maximum atomic E-state index is 13.6. The molecule has 3 heterocycles. The van der Waals surface area contributed by atoms with Crippen LogP contribution in [0.4, 0.5) is 24.5 Å². The van der Waals surface area contributed by atoms with E-state index in [2.05, 4.69) is 32.8 Å². The number of nitrogens with one attached hydrogen (secondary N) is 2. The maximum Gasteiger partial charge on any atom is 0.406 e. The Morgan fingerprint density at radius 3 is 2.53 bits per heavy atom. The van der Waals surface area contributed by atoms with Crippen LogP contribution in [0.25, 0.3) is 21.6 Å². The first kappa shape index (κ1) is 26.6. The maximum absolute atomic E-state index is 13.6. The molecule has 0 saturated carbocycles. The van der Waals surface area contributed by atoms with Crippen LogP contribution in [-0.2, 0) is 23.9 Å². The number of benzene rings is 2. The number of halogens is 3. The summed E-state index contributed by atoms with van der Waals surface area (Å²) < 4.78 is 53.8. The highest BCUT2D eigenvalue weighted by Crippen LogP contribution is 2.36. The van der Waals surface area contributed by atoms with Crippen molar-refractivity contribution >= 4 is 44.4 Å². The minimum atomic E-state index is -4.39. The fraction of sp³-hybridized carbons (Fsp3) is 0.385. The first-order chi connectivity index (χ1) is 18.2. The summed E-state index contributed by atoms with van der Waals surface area (Å²) in [5, 5.41) is 17.1. The normalized spacial score (nSPS) is 16.1. The fourth-order valence-corrected chi connectivity index (χ4v) is 6.00. The number of aromatic nitrogens is 3. The number of anilines is 2.